The van der Waals surface area contributed by atoms with E-state index in [0.29, 0.717) is 12.6 Å². The maximum absolute atomic E-state index is 12.7. The number of anilines is 1. The van der Waals surface area contributed by atoms with E-state index in [-0.39, 0.29) is 11.8 Å². The van der Waals surface area contributed by atoms with Crippen molar-refractivity contribution in [1.82, 2.24) is 25.2 Å². The number of nitrogens with zero attached hydrogens (tertiary/aromatic N) is 5. The second-order valence-electron chi connectivity index (χ2n) is 8.50. The molecule has 160 valence electrons. The van der Waals surface area contributed by atoms with Crippen molar-refractivity contribution in [2.75, 3.05) is 31.1 Å². The third-order valence-electron chi connectivity index (χ3n) is 6.58. The number of nitrogens with one attached hydrogen (secondary N) is 1. The molecule has 2 saturated heterocycles. The summed E-state index contributed by atoms with van der Waals surface area (Å²) in [4.78, 5) is 30.8. The largest absolute Gasteiger partial charge is 0.356 e. The SMILES string of the molecule is Cc1ncnc(N2CCC(N3CCCC(C(=O)NCc4ccccn4)C3)CC2)c1C. The molecule has 1 amide bonds. The van der Waals surface area contributed by atoms with E-state index in [9.17, 15) is 4.79 Å². The summed E-state index contributed by atoms with van der Waals surface area (Å²) in [6.45, 7) is 8.64. The summed E-state index contributed by atoms with van der Waals surface area (Å²) in [5, 5.41) is 3.08. The topological polar surface area (TPSA) is 74.2 Å². The van der Waals surface area contributed by atoms with Crippen LogP contribution in [0.15, 0.2) is 30.7 Å². The Morgan fingerprint density at radius 3 is 2.70 bits per heavy atom. The summed E-state index contributed by atoms with van der Waals surface area (Å²) >= 11 is 0. The summed E-state index contributed by atoms with van der Waals surface area (Å²) in [6.07, 6.45) is 7.73. The van der Waals surface area contributed by atoms with Crippen molar-refractivity contribution < 1.29 is 4.79 Å². The molecule has 4 rings (SSSR count). The van der Waals surface area contributed by atoms with Crippen molar-refractivity contribution in [1.29, 1.82) is 0 Å². The molecule has 2 aromatic heterocycles. The second-order valence-corrected chi connectivity index (χ2v) is 8.50. The van der Waals surface area contributed by atoms with Gasteiger partial charge in [0.05, 0.1) is 18.2 Å². The number of pyridine rings is 1. The summed E-state index contributed by atoms with van der Waals surface area (Å²) in [7, 11) is 0. The van der Waals surface area contributed by atoms with Crippen LogP contribution in [0.4, 0.5) is 5.82 Å². The highest BCUT2D eigenvalue weighted by molar-refractivity contribution is 5.78. The third kappa shape index (κ3) is 4.78. The smallest absolute Gasteiger partial charge is 0.224 e. The van der Waals surface area contributed by atoms with Gasteiger partial charge >= 0.3 is 0 Å². The molecule has 2 fully saturated rings. The lowest BCUT2D eigenvalue weighted by Gasteiger charge is -2.42. The quantitative estimate of drug-likeness (QED) is 0.819. The first-order valence-electron chi connectivity index (χ1n) is 11.1. The highest BCUT2D eigenvalue weighted by Gasteiger charge is 2.32. The van der Waals surface area contributed by atoms with Gasteiger partial charge in [0.1, 0.15) is 12.1 Å². The molecule has 0 spiro atoms. The zero-order chi connectivity index (χ0) is 20.9. The zero-order valence-corrected chi connectivity index (χ0v) is 18.0. The maximum atomic E-state index is 12.7. The third-order valence-corrected chi connectivity index (χ3v) is 6.58. The molecule has 0 radical (unpaired) electrons. The molecular formula is C23H32N6O. The first-order valence-corrected chi connectivity index (χ1v) is 11.1. The highest BCUT2D eigenvalue weighted by Crippen LogP contribution is 2.27. The fourth-order valence-corrected chi connectivity index (χ4v) is 4.66. The molecule has 1 unspecified atom stereocenters. The average Bonchev–Trinajstić information content (AvgIpc) is 2.80. The number of amides is 1. The number of carbonyl (C=O) groups excluding carboxylic acids is 1. The van der Waals surface area contributed by atoms with E-state index < -0.39 is 0 Å². The van der Waals surface area contributed by atoms with E-state index in [0.717, 1.165) is 69.1 Å². The number of aryl methyl sites for hydroxylation is 1. The Morgan fingerprint density at radius 1 is 1.10 bits per heavy atom. The minimum Gasteiger partial charge on any atom is -0.356 e. The van der Waals surface area contributed by atoms with Crippen molar-refractivity contribution in [3.05, 3.63) is 47.7 Å². The highest BCUT2D eigenvalue weighted by atomic mass is 16.1. The van der Waals surface area contributed by atoms with Crippen LogP contribution in [0.5, 0.6) is 0 Å². The number of likely N-dealkylation sites (tertiary alicyclic amines) is 1. The van der Waals surface area contributed by atoms with Crippen LogP contribution in [-0.4, -0.2) is 58.0 Å². The zero-order valence-electron chi connectivity index (χ0n) is 18.0. The molecular weight excluding hydrogens is 376 g/mol. The van der Waals surface area contributed by atoms with E-state index >= 15 is 0 Å². The van der Waals surface area contributed by atoms with Gasteiger partial charge in [-0.15, -0.1) is 0 Å². The lowest BCUT2D eigenvalue weighted by atomic mass is 9.93. The van der Waals surface area contributed by atoms with Gasteiger partial charge < -0.3 is 10.2 Å². The van der Waals surface area contributed by atoms with Crippen molar-refractivity contribution in [2.45, 2.75) is 52.1 Å². The maximum Gasteiger partial charge on any atom is 0.224 e. The molecule has 2 aromatic rings. The standard InChI is InChI=1S/C23H32N6O/c1-17-18(2)26-16-27-22(17)28-12-8-21(9-13-28)29-11-5-6-19(15-29)23(30)25-14-20-7-3-4-10-24-20/h3-4,7,10,16,19,21H,5-6,8-9,11-15H2,1-2H3,(H,25,30). The van der Waals surface area contributed by atoms with Crippen LogP contribution in [0.2, 0.25) is 0 Å². The van der Waals surface area contributed by atoms with E-state index in [4.69, 9.17) is 0 Å². The van der Waals surface area contributed by atoms with Crippen molar-refractivity contribution in [3.63, 3.8) is 0 Å². The Labute approximate surface area is 178 Å². The Bertz CT molecular complexity index is 850. The van der Waals surface area contributed by atoms with Crippen molar-refractivity contribution >= 4 is 11.7 Å². The van der Waals surface area contributed by atoms with E-state index in [2.05, 4.69) is 37.0 Å². The number of piperidine rings is 2. The van der Waals surface area contributed by atoms with Crippen LogP contribution < -0.4 is 10.2 Å². The number of hydrogen-bond acceptors (Lipinski definition) is 6. The normalized spacial score (nSPS) is 20.9. The van der Waals surface area contributed by atoms with Gasteiger partial charge in [-0.1, -0.05) is 6.07 Å². The van der Waals surface area contributed by atoms with Gasteiger partial charge in [-0.05, 0) is 58.2 Å². The molecule has 7 nitrogen and oxygen atoms in total. The number of rotatable bonds is 5. The Kier molecular flexibility index (Phi) is 6.57. The Balaban J connectivity index is 1.29. The van der Waals surface area contributed by atoms with Gasteiger partial charge in [-0.25, -0.2) is 9.97 Å². The van der Waals surface area contributed by atoms with Crippen molar-refractivity contribution in [2.24, 2.45) is 5.92 Å². The predicted octanol–water partition coefficient (Wildman–Crippen LogP) is 2.49. The molecule has 2 aliphatic rings. The lowest BCUT2D eigenvalue weighted by Crippen LogP contribution is -2.51. The molecule has 2 aliphatic heterocycles. The molecule has 1 N–H and O–H groups in total. The van der Waals surface area contributed by atoms with Crippen LogP contribution in [-0.2, 0) is 11.3 Å². The molecule has 0 bridgehead atoms. The van der Waals surface area contributed by atoms with Gasteiger partial charge in [0, 0.05) is 43.1 Å². The van der Waals surface area contributed by atoms with E-state index in [1.165, 1.54) is 5.56 Å². The van der Waals surface area contributed by atoms with Crippen molar-refractivity contribution in [3.8, 4) is 0 Å². The van der Waals surface area contributed by atoms with Gasteiger partial charge in [-0.3, -0.25) is 14.7 Å². The molecule has 7 heteroatoms. The number of aromatic nitrogens is 3. The lowest BCUT2D eigenvalue weighted by molar-refractivity contribution is -0.127. The summed E-state index contributed by atoms with van der Waals surface area (Å²) in [5.74, 6) is 1.31. The molecule has 1 atom stereocenters. The summed E-state index contributed by atoms with van der Waals surface area (Å²) in [5.41, 5.74) is 3.14. The fraction of sp³-hybridized carbons (Fsp3) is 0.565. The molecule has 4 heterocycles. The number of hydrogen-bond donors (Lipinski definition) is 1. The number of carbonyl (C=O) groups is 1. The minimum absolute atomic E-state index is 0.0762. The van der Waals surface area contributed by atoms with Gasteiger partial charge in [0.15, 0.2) is 0 Å². The van der Waals surface area contributed by atoms with Crippen LogP contribution in [0.25, 0.3) is 0 Å². The minimum atomic E-state index is 0.0762. The first kappa shape index (κ1) is 20.7. The van der Waals surface area contributed by atoms with Crippen LogP contribution in [0.1, 0.15) is 42.6 Å². The van der Waals surface area contributed by atoms with Gasteiger partial charge in [-0.2, -0.15) is 0 Å². The Morgan fingerprint density at radius 2 is 1.93 bits per heavy atom. The first-order chi connectivity index (χ1) is 14.6. The van der Waals surface area contributed by atoms with E-state index in [1.54, 1.807) is 12.5 Å². The predicted molar refractivity (Wildman–Crippen MR) is 117 cm³/mol. The monoisotopic (exact) mass is 408 g/mol. The van der Waals surface area contributed by atoms with Gasteiger partial charge in [0.2, 0.25) is 5.91 Å². The Hall–Kier alpha value is -2.54. The van der Waals surface area contributed by atoms with Crippen LogP contribution in [0.3, 0.4) is 0 Å². The molecule has 0 aromatic carbocycles. The summed E-state index contributed by atoms with van der Waals surface area (Å²) in [6, 6.07) is 6.34. The van der Waals surface area contributed by atoms with Gasteiger partial charge in [0.25, 0.3) is 0 Å². The fourth-order valence-electron chi connectivity index (χ4n) is 4.66. The molecule has 30 heavy (non-hydrogen) atoms. The second kappa shape index (κ2) is 9.51. The van der Waals surface area contributed by atoms with Crippen LogP contribution in [0, 0.1) is 19.8 Å². The average molecular weight is 409 g/mol. The van der Waals surface area contributed by atoms with Crippen LogP contribution >= 0.6 is 0 Å². The molecule has 0 aliphatic carbocycles. The summed E-state index contributed by atoms with van der Waals surface area (Å²) < 4.78 is 0. The molecule has 0 saturated carbocycles. The van der Waals surface area contributed by atoms with E-state index in [1.807, 2.05) is 25.1 Å².